The number of rotatable bonds is 13. The van der Waals surface area contributed by atoms with Crippen molar-refractivity contribution >= 4 is 57.5 Å². The van der Waals surface area contributed by atoms with Crippen LogP contribution >= 0.6 is 11.6 Å². The van der Waals surface area contributed by atoms with Crippen LogP contribution in [0.25, 0.3) is 16.5 Å². The van der Waals surface area contributed by atoms with Crippen molar-refractivity contribution in [1.82, 2.24) is 19.8 Å². The van der Waals surface area contributed by atoms with Gasteiger partial charge < -0.3 is 34.9 Å². The van der Waals surface area contributed by atoms with Crippen LogP contribution in [0, 0.1) is 6.92 Å². The number of nitrogens with zero attached hydrogens (tertiary/aromatic N) is 3. The zero-order valence-corrected chi connectivity index (χ0v) is 40.5. The Bertz CT molecular complexity index is 3310. The number of benzene rings is 5. The molecule has 0 unspecified atom stereocenters. The minimum Gasteiger partial charge on any atom is -0.545 e. The largest absolute Gasteiger partial charge is 0.545 e. The second kappa shape index (κ2) is 18.8. The number of methoxy groups -OCH3 is 1. The number of carboxylic acids is 1. The van der Waals surface area contributed by atoms with Gasteiger partial charge in [0.25, 0.3) is 11.8 Å². The van der Waals surface area contributed by atoms with Crippen LogP contribution in [-0.4, -0.2) is 74.6 Å². The van der Waals surface area contributed by atoms with Crippen LogP contribution in [0.3, 0.4) is 0 Å². The molecule has 5 aliphatic heterocycles. The standard InChI is InChI=1S/C57H56ClN5O7/c1-33-43(44-31-39(69-2)19-21-48(44)63(33)56(66)34-14-17-38(58)18-15-34)32-49(64)59-22-4-3-5-23-60-55(65)37-16-20-40(57(67)68)45(30-37)50-46-28-35-10-6-24-61-26-8-12-41(51(35)61)53(46)70-54-42-13-9-27-62-25-7-11-36(52(42)62)29-47(50)54/h14-21,28-31H,3-13,22-27,32H2,1-2H3,(H2-,59,60,64,65,67,68). The highest BCUT2D eigenvalue weighted by molar-refractivity contribution is 6.30. The van der Waals surface area contributed by atoms with Crippen LogP contribution in [0.2, 0.25) is 5.02 Å². The second-order valence-electron chi connectivity index (χ2n) is 19.3. The third kappa shape index (κ3) is 8.09. The van der Waals surface area contributed by atoms with Gasteiger partial charge in [0.15, 0.2) is 0 Å². The summed E-state index contributed by atoms with van der Waals surface area (Å²) in [4.78, 5) is 56.7. The van der Waals surface area contributed by atoms with Crippen molar-refractivity contribution in [3.8, 4) is 17.2 Å². The number of hydrogen-bond acceptors (Lipinski definition) is 8. The van der Waals surface area contributed by atoms with E-state index in [9.17, 15) is 24.3 Å². The van der Waals surface area contributed by atoms with E-state index in [-0.39, 0.29) is 29.7 Å². The Morgan fingerprint density at radius 3 is 2.29 bits per heavy atom. The van der Waals surface area contributed by atoms with E-state index in [2.05, 4.69) is 32.2 Å². The van der Waals surface area contributed by atoms with E-state index in [1.807, 2.05) is 19.1 Å². The molecule has 0 radical (unpaired) electrons. The molecule has 70 heavy (non-hydrogen) atoms. The van der Waals surface area contributed by atoms with Crippen LogP contribution in [0.15, 0.2) is 72.8 Å². The maximum Gasteiger partial charge on any atom is 0.262 e. The first-order chi connectivity index (χ1) is 34.1. The van der Waals surface area contributed by atoms with E-state index in [1.54, 1.807) is 54.1 Å². The van der Waals surface area contributed by atoms with Crippen LogP contribution in [0.1, 0.15) is 121 Å². The number of carbonyl (C=O) groups excluding carboxylic acids is 4. The number of aromatic nitrogens is 1. The Kier molecular flexibility index (Phi) is 12.2. The Morgan fingerprint density at radius 2 is 1.50 bits per heavy atom. The number of fused-ring (bicyclic) bond motifs is 5. The van der Waals surface area contributed by atoms with Gasteiger partial charge in [0, 0.05) is 105 Å². The summed E-state index contributed by atoms with van der Waals surface area (Å²) in [6, 6.07) is 21.5. The number of nitrogens with one attached hydrogen (secondary N) is 2. The number of aromatic carboxylic acids is 1. The van der Waals surface area contributed by atoms with Crippen molar-refractivity contribution in [3.63, 3.8) is 0 Å². The molecule has 5 aromatic carbocycles. The smallest absolute Gasteiger partial charge is 0.262 e. The van der Waals surface area contributed by atoms with Crippen molar-refractivity contribution in [2.75, 3.05) is 51.3 Å². The molecular weight excluding hydrogens is 902 g/mol. The van der Waals surface area contributed by atoms with E-state index in [4.69, 9.17) is 21.1 Å². The highest BCUT2D eigenvalue weighted by Gasteiger charge is 2.36. The second-order valence-corrected chi connectivity index (χ2v) is 19.8. The number of amides is 2. The summed E-state index contributed by atoms with van der Waals surface area (Å²) < 4.78 is 16.8. The summed E-state index contributed by atoms with van der Waals surface area (Å²) in [6.45, 7) is 6.77. The maximum atomic E-state index is 14.0. The average molecular weight is 959 g/mol. The average Bonchev–Trinajstić information content (AvgIpc) is 3.64. The van der Waals surface area contributed by atoms with E-state index in [0.717, 1.165) is 123 Å². The summed E-state index contributed by atoms with van der Waals surface area (Å²) >= 11 is 6.09. The monoisotopic (exact) mass is 957 g/mol. The molecule has 358 valence electrons. The number of halogens is 1. The molecule has 12 nitrogen and oxygen atoms in total. The quantitative estimate of drug-likeness (QED) is 0.101. The summed E-state index contributed by atoms with van der Waals surface area (Å²) in [5, 5.41) is 22.7. The molecule has 0 bridgehead atoms. The van der Waals surface area contributed by atoms with Crippen molar-refractivity contribution < 1.29 is 33.8 Å². The van der Waals surface area contributed by atoms with Gasteiger partial charge in [0.2, 0.25) is 11.3 Å². The third-order valence-corrected chi connectivity index (χ3v) is 15.3. The fraction of sp³-hybridized carbons (Fsp3) is 0.351. The maximum absolute atomic E-state index is 14.0. The highest BCUT2D eigenvalue weighted by Crippen LogP contribution is 2.49. The summed E-state index contributed by atoms with van der Waals surface area (Å²) in [7, 11) is 1.58. The lowest BCUT2D eigenvalue weighted by molar-refractivity contribution is -0.255. The molecule has 6 heterocycles. The molecule has 0 saturated heterocycles. The lowest BCUT2D eigenvalue weighted by Crippen LogP contribution is -2.45. The van der Waals surface area contributed by atoms with Crippen molar-refractivity contribution in [3.05, 3.63) is 150 Å². The topological polar surface area (TPSA) is 145 Å². The first kappa shape index (κ1) is 45.5. The number of hydrogen-bond donors (Lipinski definition) is 2. The molecule has 0 aliphatic carbocycles. The number of carboxylic acid groups (broad SMARTS) is 1. The third-order valence-electron chi connectivity index (χ3n) is 15.1. The van der Waals surface area contributed by atoms with Gasteiger partial charge in [-0.05, 0) is 148 Å². The fourth-order valence-electron chi connectivity index (χ4n) is 11.9. The molecule has 0 saturated carbocycles. The van der Waals surface area contributed by atoms with Gasteiger partial charge in [-0.2, -0.15) is 0 Å². The van der Waals surface area contributed by atoms with Crippen LogP contribution in [-0.2, 0) is 36.9 Å². The minimum absolute atomic E-state index is 0.0421. The molecule has 5 aliphatic rings. The van der Waals surface area contributed by atoms with Crippen LogP contribution in [0.4, 0.5) is 5.69 Å². The van der Waals surface area contributed by atoms with Crippen molar-refractivity contribution in [2.24, 2.45) is 0 Å². The fourth-order valence-corrected chi connectivity index (χ4v) is 12.0. The highest BCUT2D eigenvalue weighted by atomic mass is 35.5. The molecule has 0 atom stereocenters. The van der Waals surface area contributed by atoms with E-state index >= 15 is 0 Å². The number of carbonyl (C=O) groups is 4. The normalized spacial score (nSPS) is 15.3. The van der Waals surface area contributed by atoms with Gasteiger partial charge in [-0.1, -0.05) is 17.7 Å². The predicted octanol–water partition coefficient (Wildman–Crippen LogP) is 6.36. The zero-order valence-electron chi connectivity index (χ0n) is 39.7. The van der Waals surface area contributed by atoms with Gasteiger partial charge >= 0.3 is 0 Å². The molecule has 11 rings (SSSR count). The van der Waals surface area contributed by atoms with Crippen LogP contribution < -0.4 is 45.3 Å². The Morgan fingerprint density at radius 1 is 0.771 bits per heavy atom. The molecule has 0 fully saturated rings. The van der Waals surface area contributed by atoms with Crippen LogP contribution in [0.5, 0.6) is 17.2 Å². The van der Waals surface area contributed by atoms with Gasteiger partial charge in [-0.25, -0.2) is 4.58 Å². The van der Waals surface area contributed by atoms with Gasteiger partial charge in [0.05, 0.1) is 30.6 Å². The molecule has 6 aromatic rings. The van der Waals surface area contributed by atoms with Gasteiger partial charge in [-0.3, -0.25) is 19.0 Å². The van der Waals surface area contributed by atoms with Gasteiger partial charge in [0.1, 0.15) is 30.3 Å². The van der Waals surface area contributed by atoms with E-state index < -0.39 is 5.97 Å². The van der Waals surface area contributed by atoms with Crippen molar-refractivity contribution in [1.29, 1.82) is 0 Å². The van der Waals surface area contributed by atoms with Crippen molar-refractivity contribution in [2.45, 2.75) is 84.0 Å². The molecule has 1 aromatic heterocycles. The minimum atomic E-state index is -1.29. The summed E-state index contributed by atoms with van der Waals surface area (Å²) in [5.41, 5.74) is 11.4. The zero-order chi connectivity index (χ0) is 48.2. The number of ether oxygens (including phenoxy) is 2. The lowest BCUT2D eigenvalue weighted by atomic mass is 9.81. The summed E-state index contributed by atoms with van der Waals surface area (Å²) in [5.74, 6) is 0.294. The Labute approximate surface area is 411 Å². The van der Waals surface area contributed by atoms with Gasteiger partial charge in [-0.15, -0.1) is 0 Å². The Hall–Kier alpha value is -6.92. The predicted molar refractivity (Wildman–Crippen MR) is 268 cm³/mol. The Balaban J connectivity index is 0.804. The van der Waals surface area contributed by atoms with E-state index in [1.165, 1.54) is 39.4 Å². The first-order valence-electron chi connectivity index (χ1n) is 24.9. The molecule has 2 N–H and O–H groups in total. The molecule has 2 amide bonds. The number of unbranched alkanes of at least 4 members (excludes halogenated alkanes) is 2. The van der Waals surface area contributed by atoms with E-state index in [0.29, 0.717) is 64.6 Å². The SMILES string of the molecule is COc1ccc2c(c1)c(CC(=O)NCCCCCNC(=O)c1ccc(C(=O)[O-])c(C3=c4cc5c6c(c4Oc4c3cc3c7c4CCCN7CCC3)CCC[N+]=6CCC5)c1)c(C)n2C(=O)c1ccc(Cl)cc1. The molecule has 13 heteroatoms. The number of aryl methyl sites for hydroxylation is 2. The molecule has 0 spiro atoms. The first-order valence-corrected chi connectivity index (χ1v) is 25.3. The summed E-state index contributed by atoms with van der Waals surface area (Å²) in [6.07, 6.45) is 10.0. The number of anilines is 1. The lowest BCUT2D eigenvalue weighted by Gasteiger charge is -2.39. The molecular formula is C57H56ClN5O7.